The number of fused-ring (bicyclic) bond motifs is 1. The summed E-state index contributed by atoms with van der Waals surface area (Å²) in [4.78, 5) is 12.2. The van der Waals surface area contributed by atoms with E-state index in [9.17, 15) is 4.79 Å². The van der Waals surface area contributed by atoms with Crippen molar-refractivity contribution in [2.45, 2.75) is 57.9 Å². The quantitative estimate of drug-likeness (QED) is 0.583. The SMILES string of the molecule is CCCCCn1c2c(cc(CCl)c1=O)CCC2. The maximum Gasteiger partial charge on any atom is 0.255 e. The number of halogens is 1. The Morgan fingerprint density at radius 2 is 2.18 bits per heavy atom. The zero-order valence-corrected chi connectivity index (χ0v) is 11.2. The van der Waals surface area contributed by atoms with Crippen LogP contribution in [0.3, 0.4) is 0 Å². The number of aryl methyl sites for hydroxylation is 1. The molecule has 1 aromatic heterocycles. The van der Waals surface area contributed by atoms with E-state index in [0.717, 1.165) is 31.4 Å². The number of rotatable bonds is 5. The molecule has 0 saturated heterocycles. The number of nitrogens with zero attached hydrogens (tertiary/aromatic N) is 1. The predicted molar refractivity (Wildman–Crippen MR) is 71.8 cm³/mol. The van der Waals surface area contributed by atoms with Crippen LogP contribution in [0.4, 0.5) is 0 Å². The smallest absolute Gasteiger partial charge is 0.255 e. The fourth-order valence-corrected chi connectivity index (χ4v) is 2.83. The molecule has 0 bridgehead atoms. The molecule has 0 aromatic carbocycles. The van der Waals surface area contributed by atoms with Gasteiger partial charge in [-0.3, -0.25) is 4.79 Å². The Bertz CT molecular complexity index is 450. The molecule has 1 aliphatic rings. The van der Waals surface area contributed by atoms with Crippen molar-refractivity contribution >= 4 is 11.6 Å². The van der Waals surface area contributed by atoms with E-state index in [1.54, 1.807) is 0 Å². The Balaban J connectivity index is 2.34. The summed E-state index contributed by atoms with van der Waals surface area (Å²) in [6, 6.07) is 2.02. The minimum atomic E-state index is 0.136. The Morgan fingerprint density at radius 1 is 1.35 bits per heavy atom. The highest BCUT2D eigenvalue weighted by molar-refractivity contribution is 6.17. The number of alkyl halides is 1. The van der Waals surface area contributed by atoms with Gasteiger partial charge in [0.15, 0.2) is 0 Å². The molecule has 1 aromatic rings. The van der Waals surface area contributed by atoms with Gasteiger partial charge in [0.25, 0.3) is 5.56 Å². The van der Waals surface area contributed by atoms with Gasteiger partial charge in [-0.2, -0.15) is 0 Å². The molecule has 0 N–H and O–H groups in total. The molecule has 0 fully saturated rings. The topological polar surface area (TPSA) is 22.0 Å². The van der Waals surface area contributed by atoms with Crippen LogP contribution in [0.1, 0.15) is 49.4 Å². The summed E-state index contributed by atoms with van der Waals surface area (Å²) in [5, 5.41) is 0. The van der Waals surface area contributed by atoms with E-state index < -0.39 is 0 Å². The van der Waals surface area contributed by atoms with E-state index in [1.165, 1.54) is 30.5 Å². The van der Waals surface area contributed by atoms with Crippen molar-refractivity contribution in [1.29, 1.82) is 0 Å². The maximum absolute atomic E-state index is 12.2. The second-order valence-electron chi connectivity index (χ2n) is 4.79. The number of unbranched alkanes of at least 4 members (excludes halogenated alkanes) is 2. The van der Waals surface area contributed by atoms with Gasteiger partial charge in [-0.05, 0) is 37.3 Å². The summed E-state index contributed by atoms with van der Waals surface area (Å²) in [5.41, 5.74) is 3.51. The van der Waals surface area contributed by atoms with Crippen molar-refractivity contribution in [3.63, 3.8) is 0 Å². The van der Waals surface area contributed by atoms with E-state index in [2.05, 4.69) is 6.92 Å². The lowest BCUT2D eigenvalue weighted by Crippen LogP contribution is -2.26. The average Bonchev–Trinajstić information content (AvgIpc) is 2.79. The molecule has 2 nitrogen and oxygen atoms in total. The first-order valence-electron chi connectivity index (χ1n) is 6.58. The van der Waals surface area contributed by atoms with Crippen LogP contribution in [0.5, 0.6) is 0 Å². The fraction of sp³-hybridized carbons (Fsp3) is 0.643. The van der Waals surface area contributed by atoms with Crippen molar-refractivity contribution in [2.75, 3.05) is 0 Å². The van der Waals surface area contributed by atoms with Crippen molar-refractivity contribution in [1.82, 2.24) is 4.57 Å². The van der Waals surface area contributed by atoms with Gasteiger partial charge in [-0.25, -0.2) is 0 Å². The minimum Gasteiger partial charge on any atom is -0.312 e. The lowest BCUT2D eigenvalue weighted by Gasteiger charge is -2.13. The Hall–Kier alpha value is -0.760. The highest BCUT2D eigenvalue weighted by atomic mass is 35.5. The van der Waals surface area contributed by atoms with Crippen LogP contribution in [0.2, 0.25) is 0 Å². The molecular formula is C14H20ClNO. The lowest BCUT2D eigenvalue weighted by atomic mass is 10.1. The Labute approximate surface area is 108 Å². The molecule has 1 aliphatic carbocycles. The largest absolute Gasteiger partial charge is 0.312 e. The van der Waals surface area contributed by atoms with Crippen molar-refractivity contribution < 1.29 is 0 Å². The number of pyridine rings is 1. The Morgan fingerprint density at radius 3 is 2.88 bits per heavy atom. The standard InChI is InChI=1S/C14H20ClNO/c1-2-3-4-8-16-13-7-5-6-11(13)9-12(10-15)14(16)17/h9H,2-8,10H2,1H3. The summed E-state index contributed by atoms with van der Waals surface area (Å²) in [7, 11) is 0. The number of aromatic nitrogens is 1. The molecule has 0 radical (unpaired) electrons. The first-order valence-corrected chi connectivity index (χ1v) is 7.11. The number of hydrogen-bond donors (Lipinski definition) is 0. The molecule has 94 valence electrons. The highest BCUT2D eigenvalue weighted by Crippen LogP contribution is 2.22. The summed E-state index contributed by atoms with van der Waals surface area (Å²) in [5.74, 6) is 0.333. The number of hydrogen-bond acceptors (Lipinski definition) is 1. The molecule has 0 saturated carbocycles. The van der Waals surface area contributed by atoms with E-state index in [1.807, 2.05) is 10.6 Å². The van der Waals surface area contributed by atoms with Crippen LogP contribution in [0.25, 0.3) is 0 Å². The average molecular weight is 254 g/mol. The summed E-state index contributed by atoms with van der Waals surface area (Å²) in [6.45, 7) is 3.04. The van der Waals surface area contributed by atoms with Crippen LogP contribution in [0.15, 0.2) is 10.9 Å². The summed E-state index contributed by atoms with van der Waals surface area (Å²) >= 11 is 5.85. The second-order valence-corrected chi connectivity index (χ2v) is 5.06. The van der Waals surface area contributed by atoms with Gasteiger partial charge in [0.1, 0.15) is 0 Å². The highest BCUT2D eigenvalue weighted by Gasteiger charge is 2.18. The molecule has 1 heterocycles. The molecular weight excluding hydrogens is 234 g/mol. The van der Waals surface area contributed by atoms with Crippen LogP contribution in [-0.2, 0) is 25.3 Å². The van der Waals surface area contributed by atoms with Crippen molar-refractivity contribution in [2.24, 2.45) is 0 Å². The van der Waals surface area contributed by atoms with Crippen LogP contribution >= 0.6 is 11.6 Å². The third-order valence-electron chi connectivity index (χ3n) is 3.55. The molecule has 2 rings (SSSR count). The van der Waals surface area contributed by atoms with Gasteiger partial charge >= 0.3 is 0 Å². The monoisotopic (exact) mass is 253 g/mol. The van der Waals surface area contributed by atoms with E-state index >= 15 is 0 Å². The second kappa shape index (κ2) is 5.72. The summed E-state index contributed by atoms with van der Waals surface area (Å²) < 4.78 is 1.98. The van der Waals surface area contributed by atoms with Crippen LogP contribution in [-0.4, -0.2) is 4.57 Å². The van der Waals surface area contributed by atoms with Gasteiger partial charge in [-0.15, -0.1) is 11.6 Å². The third-order valence-corrected chi connectivity index (χ3v) is 3.84. The molecule has 0 atom stereocenters. The van der Waals surface area contributed by atoms with E-state index in [0.29, 0.717) is 5.88 Å². The third kappa shape index (κ3) is 2.57. The van der Waals surface area contributed by atoms with Gasteiger partial charge in [-0.1, -0.05) is 19.8 Å². The Kier molecular flexibility index (Phi) is 4.27. The predicted octanol–water partition coefficient (Wildman–Crippen LogP) is 3.27. The fourth-order valence-electron chi connectivity index (χ4n) is 2.64. The normalized spacial score (nSPS) is 14.0. The first-order chi connectivity index (χ1) is 8.27. The maximum atomic E-state index is 12.2. The van der Waals surface area contributed by atoms with E-state index in [4.69, 9.17) is 11.6 Å². The molecule has 0 unspecified atom stereocenters. The lowest BCUT2D eigenvalue weighted by molar-refractivity contribution is 0.567. The molecule has 0 aliphatic heterocycles. The van der Waals surface area contributed by atoms with Crippen LogP contribution < -0.4 is 5.56 Å². The van der Waals surface area contributed by atoms with Gasteiger partial charge in [0.05, 0.1) is 5.88 Å². The zero-order valence-electron chi connectivity index (χ0n) is 10.5. The molecule has 3 heteroatoms. The van der Waals surface area contributed by atoms with Gasteiger partial charge in [0, 0.05) is 17.8 Å². The molecule has 0 spiro atoms. The van der Waals surface area contributed by atoms with Gasteiger partial charge < -0.3 is 4.57 Å². The van der Waals surface area contributed by atoms with Crippen LogP contribution in [0, 0.1) is 0 Å². The summed E-state index contributed by atoms with van der Waals surface area (Å²) in [6.07, 6.45) is 6.80. The molecule has 17 heavy (non-hydrogen) atoms. The minimum absolute atomic E-state index is 0.136. The molecule has 0 amide bonds. The zero-order chi connectivity index (χ0) is 12.3. The van der Waals surface area contributed by atoms with E-state index in [-0.39, 0.29) is 5.56 Å². The van der Waals surface area contributed by atoms with Crippen molar-refractivity contribution in [3.8, 4) is 0 Å². The van der Waals surface area contributed by atoms with Gasteiger partial charge in [0.2, 0.25) is 0 Å². The first kappa shape index (κ1) is 12.7. The van der Waals surface area contributed by atoms with Crippen molar-refractivity contribution in [3.05, 3.63) is 33.2 Å².